The molecule has 2 fully saturated rings. The number of pyridine rings is 1. The first-order valence-corrected chi connectivity index (χ1v) is 8.21. The summed E-state index contributed by atoms with van der Waals surface area (Å²) in [6.07, 6.45) is 10.7. The van der Waals surface area contributed by atoms with Crippen molar-refractivity contribution < 1.29 is 0 Å². The molecule has 0 amide bonds. The van der Waals surface area contributed by atoms with Gasteiger partial charge in [-0.05, 0) is 68.8 Å². The van der Waals surface area contributed by atoms with Gasteiger partial charge in [-0.2, -0.15) is 0 Å². The van der Waals surface area contributed by atoms with Gasteiger partial charge in [-0.3, -0.25) is 4.90 Å². The molecule has 1 aromatic rings. The van der Waals surface area contributed by atoms with Gasteiger partial charge in [-0.1, -0.05) is 12.8 Å². The fraction of sp³-hybridized carbons (Fsp3) is 0.706. The normalized spacial score (nSPS) is 22.2. The van der Waals surface area contributed by atoms with E-state index in [2.05, 4.69) is 34.3 Å². The number of nitrogens with one attached hydrogen (secondary N) is 1. The zero-order valence-corrected chi connectivity index (χ0v) is 12.7. The van der Waals surface area contributed by atoms with E-state index >= 15 is 0 Å². The number of hydrogen-bond donors (Lipinski definition) is 1. The topological polar surface area (TPSA) is 28.2 Å². The van der Waals surface area contributed by atoms with Gasteiger partial charge >= 0.3 is 0 Å². The minimum absolute atomic E-state index is 0.726. The Morgan fingerprint density at radius 3 is 2.65 bits per heavy atom. The van der Waals surface area contributed by atoms with Crippen LogP contribution in [0.3, 0.4) is 0 Å². The fourth-order valence-electron chi connectivity index (χ4n) is 3.92. The first kappa shape index (κ1) is 13.9. The van der Waals surface area contributed by atoms with Crippen molar-refractivity contribution in [3.05, 3.63) is 23.9 Å². The molecule has 1 saturated carbocycles. The number of hydrogen-bond acceptors (Lipinski definition) is 3. The second kappa shape index (κ2) is 6.13. The van der Waals surface area contributed by atoms with Gasteiger partial charge in [0.05, 0.1) is 0 Å². The van der Waals surface area contributed by atoms with Gasteiger partial charge in [0.1, 0.15) is 5.82 Å². The Morgan fingerprint density at radius 1 is 1.20 bits per heavy atom. The van der Waals surface area contributed by atoms with Crippen molar-refractivity contribution in [3.8, 4) is 0 Å². The number of likely N-dealkylation sites (tertiary alicyclic amines) is 1. The molecule has 1 aliphatic carbocycles. The highest BCUT2D eigenvalue weighted by atomic mass is 15.1. The Kier molecular flexibility index (Phi) is 4.25. The second-order valence-electron chi connectivity index (χ2n) is 6.56. The average molecular weight is 273 g/mol. The van der Waals surface area contributed by atoms with Gasteiger partial charge < -0.3 is 5.32 Å². The molecule has 2 heterocycles. The Morgan fingerprint density at radius 2 is 1.95 bits per heavy atom. The van der Waals surface area contributed by atoms with E-state index in [0.717, 1.165) is 24.3 Å². The van der Waals surface area contributed by atoms with E-state index in [-0.39, 0.29) is 0 Å². The number of piperidine rings is 1. The van der Waals surface area contributed by atoms with Crippen LogP contribution in [-0.4, -0.2) is 29.5 Å². The average Bonchev–Trinajstić information content (AvgIpc) is 2.91. The summed E-state index contributed by atoms with van der Waals surface area (Å²) in [7, 11) is 0. The second-order valence-corrected chi connectivity index (χ2v) is 6.56. The lowest BCUT2D eigenvalue weighted by Crippen LogP contribution is -2.38. The highest BCUT2D eigenvalue weighted by Gasteiger charge is 2.36. The quantitative estimate of drug-likeness (QED) is 0.907. The maximum atomic E-state index is 4.35. The molecule has 1 saturated heterocycles. The lowest BCUT2D eigenvalue weighted by molar-refractivity contribution is 0.103. The third-order valence-electron chi connectivity index (χ3n) is 5.17. The minimum Gasteiger partial charge on any atom is -0.370 e. The highest BCUT2D eigenvalue weighted by Crippen LogP contribution is 2.46. The number of rotatable bonds is 4. The third-order valence-corrected chi connectivity index (χ3v) is 5.17. The Labute approximate surface area is 122 Å². The van der Waals surface area contributed by atoms with Crippen molar-refractivity contribution >= 4 is 5.82 Å². The number of nitrogens with zero attached hydrogens (tertiary/aromatic N) is 2. The summed E-state index contributed by atoms with van der Waals surface area (Å²) in [5, 5.41) is 3.30. The van der Waals surface area contributed by atoms with Crippen LogP contribution in [-0.2, 0) is 6.54 Å². The minimum atomic E-state index is 0.726. The van der Waals surface area contributed by atoms with E-state index < -0.39 is 0 Å². The molecule has 3 nitrogen and oxygen atoms in total. The molecule has 0 atom stereocenters. The summed E-state index contributed by atoms with van der Waals surface area (Å²) in [5.74, 6) is 1.01. The van der Waals surface area contributed by atoms with Crippen molar-refractivity contribution in [1.82, 2.24) is 9.88 Å². The fourth-order valence-corrected chi connectivity index (χ4v) is 3.92. The lowest BCUT2D eigenvalue weighted by atomic mass is 9.77. The number of anilines is 1. The molecule has 3 rings (SSSR count). The van der Waals surface area contributed by atoms with Crippen molar-refractivity contribution in [2.75, 3.05) is 25.0 Å². The molecule has 0 bridgehead atoms. The highest BCUT2D eigenvalue weighted by molar-refractivity contribution is 5.37. The van der Waals surface area contributed by atoms with Gasteiger partial charge in [0.2, 0.25) is 0 Å². The summed E-state index contributed by atoms with van der Waals surface area (Å²) in [5.41, 5.74) is 2.11. The zero-order valence-electron chi connectivity index (χ0n) is 12.7. The van der Waals surface area contributed by atoms with Crippen LogP contribution in [0.25, 0.3) is 0 Å². The molecule has 3 heteroatoms. The third kappa shape index (κ3) is 3.14. The predicted octanol–water partition coefficient (Wildman–Crippen LogP) is 3.67. The largest absolute Gasteiger partial charge is 0.370 e. The maximum Gasteiger partial charge on any atom is 0.126 e. The molecular weight excluding hydrogens is 246 g/mol. The first-order valence-electron chi connectivity index (χ1n) is 8.21. The van der Waals surface area contributed by atoms with E-state index in [9.17, 15) is 0 Å². The van der Waals surface area contributed by atoms with Crippen LogP contribution in [0, 0.1) is 5.41 Å². The van der Waals surface area contributed by atoms with Crippen LogP contribution in [0.4, 0.5) is 5.82 Å². The van der Waals surface area contributed by atoms with Crippen molar-refractivity contribution in [2.45, 2.75) is 52.0 Å². The first-order chi connectivity index (χ1) is 9.80. The van der Waals surface area contributed by atoms with Crippen LogP contribution < -0.4 is 5.32 Å². The molecule has 2 aliphatic rings. The summed E-state index contributed by atoms with van der Waals surface area (Å²) in [6, 6.07) is 4.35. The molecule has 20 heavy (non-hydrogen) atoms. The van der Waals surface area contributed by atoms with Crippen LogP contribution in [0.5, 0.6) is 0 Å². The van der Waals surface area contributed by atoms with E-state index in [0.29, 0.717) is 0 Å². The van der Waals surface area contributed by atoms with Gasteiger partial charge in [-0.25, -0.2) is 4.98 Å². The predicted molar refractivity (Wildman–Crippen MR) is 83.8 cm³/mol. The van der Waals surface area contributed by atoms with Gasteiger partial charge in [0, 0.05) is 19.3 Å². The maximum absolute atomic E-state index is 4.35. The monoisotopic (exact) mass is 273 g/mol. The van der Waals surface area contributed by atoms with Crippen molar-refractivity contribution in [1.29, 1.82) is 0 Å². The van der Waals surface area contributed by atoms with E-state index in [4.69, 9.17) is 0 Å². The molecular formula is C17H27N3. The standard InChI is InChI=1S/C17H27N3/c1-2-18-16-13-15(5-10-19-16)14-20-11-8-17(9-12-20)6-3-4-7-17/h5,10,13H,2-4,6-9,11-12,14H2,1H3,(H,18,19). The molecule has 1 aliphatic heterocycles. The smallest absolute Gasteiger partial charge is 0.126 e. The summed E-state index contributed by atoms with van der Waals surface area (Å²) < 4.78 is 0. The summed E-state index contributed by atoms with van der Waals surface area (Å²) >= 11 is 0. The number of aromatic nitrogens is 1. The van der Waals surface area contributed by atoms with E-state index in [1.54, 1.807) is 0 Å². The SMILES string of the molecule is CCNc1cc(CN2CCC3(CCCC3)CC2)ccn1. The molecule has 110 valence electrons. The lowest BCUT2D eigenvalue weighted by Gasteiger charge is -2.39. The van der Waals surface area contributed by atoms with Crippen LogP contribution in [0.2, 0.25) is 0 Å². The Balaban J connectivity index is 1.55. The van der Waals surface area contributed by atoms with Gasteiger partial charge in [-0.15, -0.1) is 0 Å². The summed E-state index contributed by atoms with van der Waals surface area (Å²) in [4.78, 5) is 6.97. The van der Waals surface area contributed by atoms with Crippen LogP contribution in [0.1, 0.15) is 51.0 Å². The molecule has 0 aromatic carbocycles. The van der Waals surface area contributed by atoms with E-state index in [1.165, 1.54) is 57.2 Å². The Bertz CT molecular complexity index is 428. The zero-order chi connectivity index (χ0) is 13.8. The molecule has 1 spiro atoms. The molecule has 1 aromatic heterocycles. The molecule has 0 radical (unpaired) electrons. The van der Waals surface area contributed by atoms with Gasteiger partial charge in [0.15, 0.2) is 0 Å². The van der Waals surface area contributed by atoms with Gasteiger partial charge in [0.25, 0.3) is 0 Å². The summed E-state index contributed by atoms with van der Waals surface area (Å²) in [6.45, 7) is 6.68. The van der Waals surface area contributed by atoms with E-state index in [1.807, 2.05) is 6.20 Å². The van der Waals surface area contributed by atoms with Crippen molar-refractivity contribution in [3.63, 3.8) is 0 Å². The molecule has 1 N–H and O–H groups in total. The van der Waals surface area contributed by atoms with Crippen molar-refractivity contribution in [2.24, 2.45) is 5.41 Å². The molecule has 0 unspecified atom stereocenters. The Hall–Kier alpha value is -1.09. The van der Waals surface area contributed by atoms with Crippen LogP contribution in [0.15, 0.2) is 18.3 Å². The van der Waals surface area contributed by atoms with Crippen LogP contribution >= 0.6 is 0 Å².